The zero-order valence-electron chi connectivity index (χ0n) is 19.6. The summed E-state index contributed by atoms with van der Waals surface area (Å²) in [7, 11) is 1.80. The van der Waals surface area contributed by atoms with Crippen LogP contribution < -0.4 is 15.4 Å². The second-order valence-corrected chi connectivity index (χ2v) is 8.11. The Kier molecular flexibility index (Phi) is 10.9. The van der Waals surface area contributed by atoms with Gasteiger partial charge in [-0.2, -0.15) is 5.26 Å². The molecule has 1 heterocycles. The number of rotatable bonds is 6. The first kappa shape index (κ1) is 25.9. The number of aryl methyl sites for hydroxylation is 1. The van der Waals surface area contributed by atoms with E-state index in [4.69, 9.17) is 14.7 Å². The topological polar surface area (TPSA) is 100 Å². The predicted molar refractivity (Wildman–Crippen MR) is 129 cm³/mol. The molecule has 33 heavy (non-hydrogen) atoms. The highest BCUT2D eigenvalue weighted by Crippen LogP contribution is 2.30. The number of ether oxygens (including phenoxy) is 2. The minimum atomic E-state index is -0.367. The number of carbonyl (C=O) groups is 2. The fourth-order valence-electron chi connectivity index (χ4n) is 3.60. The average Bonchev–Trinajstić information content (AvgIpc) is 2.81. The summed E-state index contributed by atoms with van der Waals surface area (Å²) < 4.78 is 10.4. The van der Waals surface area contributed by atoms with Gasteiger partial charge in [0.1, 0.15) is 12.6 Å². The highest BCUT2D eigenvalue weighted by atomic mass is 16.5. The third kappa shape index (κ3) is 8.59. The Balaban J connectivity index is 0.000000238. The van der Waals surface area contributed by atoms with E-state index < -0.39 is 0 Å². The third-order valence-electron chi connectivity index (χ3n) is 5.47. The van der Waals surface area contributed by atoms with Gasteiger partial charge in [-0.3, -0.25) is 9.59 Å². The Morgan fingerprint density at radius 3 is 2.61 bits per heavy atom. The number of hydrogen-bond acceptors (Lipinski definition) is 6. The van der Waals surface area contributed by atoms with Gasteiger partial charge >= 0.3 is 0 Å². The molecule has 7 heteroatoms. The standard InChI is InChI=1S/C15H15NO2.C11H18N2O2/c1-11-3-5-12(6-4-11)13-7-8-15(18-10-17)14(9-13)16-2;1-9-4-2-3-7-15-10(8-9)11(14)13-6-5-12/h3-10,16H,1-2H3;9-10H,2-4,6-8H2,1H3,(H,13,14). The molecule has 1 amide bonds. The predicted octanol–water partition coefficient (Wildman–Crippen LogP) is 4.46. The van der Waals surface area contributed by atoms with Gasteiger partial charge in [0.25, 0.3) is 6.47 Å². The van der Waals surface area contributed by atoms with E-state index in [9.17, 15) is 9.59 Å². The molecule has 2 unspecified atom stereocenters. The first-order valence-electron chi connectivity index (χ1n) is 11.2. The van der Waals surface area contributed by atoms with Crippen LogP contribution in [0.5, 0.6) is 5.75 Å². The Hall–Kier alpha value is -3.37. The molecule has 0 aliphatic carbocycles. The summed E-state index contributed by atoms with van der Waals surface area (Å²) in [6.07, 6.45) is 3.75. The van der Waals surface area contributed by atoms with E-state index >= 15 is 0 Å². The number of nitrogens with zero attached hydrogens (tertiary/aromatic N) is 1. The first-order chi connectivity index (χ1) is 16.0. The minimum Gasteiger partial charge on any atom is -0.427 e. The van der Waals surface area contributed by atoms with Gasteiger partial charge < -0.3 is 20.1 Å². The van der Waals surface area contributed by atoms with Gasteiger partial charge in [-0.25, -0.2) is 0 Å². The molecule has 176 valence electrons. The summed E-state index contributed by atoms with van der Waals surface area (Å²) in [6.45, 7) is 5.34. The quantitative estimate of drug-likeness (QED) is 0.497. The molecule has 0 spiro atoms. The number of nitriles is 1. The van der Waals surface area contributed by atoms with Crippen LogP contribution in [0.2, 0.25) is 0 Å². The van der Waals surface area contributed by atoms with Crippen molar-refractivity contribution in [1.82, 2.24) is 5.32 Å². The van der Waals surface area contributed by atoms with Crippen LogP contribution in [-0.4, -0.2) is 38.7 Å². The number of hydrogen-bond donors (Lipinski definition) is 2. The van der Waals surface area contributed by atoms with Crippen molar-refractivity contribution in [2.45, 2.75) is 45.6 Å². The number of benzene rings is 2. The SMILES string of the molecule is CC1CCCCOC(C(=O)NCC#N)C1.CNc1cc(-c2ccc(C)cc2)ccc1OC=O. The van der Waals surface area contributed by atoms with Crippen molar-refractivity contribution >= 4 is 18.1 Å². The molecule has 1 saturated heterocycles. The maximum absolute atomic E-state index is 11.6. The van der Waals surface area contributed by atoms with Gasteiger partial charge in [-0.15, -0.1) is 0 Å². The zero-order valence-corrected chi connectivity index (χ0v) is 19.6. The van der Waals surface area contributed by atoms with Gasteiger partial charge in [-0.1, -0.05) is 55.7 Å². The number of amides is 1. The largest absolute Gasteiger partial charge is 0.427 e. The normalized spacial score (nSPS) is 17.8. The van der Waals surface area contributed by atoms with Crippen LogP contribution in [0.15, 0.2) is 42.5 Å². The maximum atomic E-state index is 11.6. The lowest BCUT2D eigenvalue weighted by Crippen LogP contribution is -2.38. The van der Waals surface area contributed by atoms with Crippen LogP contribution in [0.4, 0.5) is 5.69 Å². The van der Waals surface area contributed by atoms with E-state index in [1.54, 1.807) is 13.1 Å². The molecule has 7 nitrogen and oxygen atoms in total. The Morgan fingerprint density at radius 2 is 1.94 bits per heavy atom. The molecule has 0 aromatic heterocycles. The van der Waals surface area contributed by atoms with Crippen molar-refractivity contribution in [2.75, 3.05) is 25.5 Å². The Labute approximate surface area is 196 Å². The fourth-order valence-corrected chi connectivity index (χ4v) is 3.60. The zero-order chi connectivity index (χ0) is 24.1. The molecular formula is C26H33N3O4. The lowest BCUT2D eigenvalue weighted by Gasteiger charge is -2.23. The van der Waals surface area contributed by atoms with Gasteiger partial charge in [0, 0.05) is 13.7 Å². The van der Waals surface area contributed by atoms with Crippen molar-refractivity contribution in [2.24, 2.45) is 5.92 Å². The molecule has 3 rings (SSSR count). The van der Waals surface area contributed by atoms with Crippen LogP contribution in [0.3, 0.4) is 0 Å². The van der Waals surface area contributed by atoms with Crippen molar-refractivity contribution in [1.29, 1.82) is 5.26 Å². The summed E-state index contributed by atoms with van der Waals surface area (Å²) in [5, 5.41) is 13.9. The second-order valence-electron chi connectivity index (χ2n) is 8.11. The Bertz CT molecular complexity index is 938. The van der Waals surface area contributed by atoms with Gasteiger partial charge in [0.05, 0.1) is 11.8 Å². The van der Waals surface area contributed by atoms with Crippen LogP contribution in [0.25, 0.3) is 11.1 Å². The van der Waals surface area contributed by atoms with E-state index in [1.807, 2.05) is 18.2 Å². The molecule has 2 N–H and O–H groups in total. The van der Waals surface area contributed by atoms with Crippen molar-refractivity contribution < 1.29 is 19.1 Å². The average molecular weight is 452 g/mol. The van der Waals surface area contributed by atoms with E-state index in [-0.39, 0.29) is 18.6 Å². The number of nitrogens with one attached hydrogen (secondary N) is 2. The van der Waals surface area contributed by atoms with Crippen molar-refractivity contribution in [3.8, 4) is 22.9 Å². The number of carbonyl (C=O) groups excluding carboxylic acids is 2. The number of anilines is 1. The molecule has 2 atom stereocenters. The second kappa shape index (κ2) is 13.9. The summed E-state index contributed by atoms with van der Waals surface area (Å²) >= 11 is 0. The Morgan fingerprint density at radius 1 is 1.21 bits per heavy atom. The molecule has 0 radical (unpaired) electrons. The van der Waals surface area contributed by atoms with Crippen LogP contribution in [0, 0.1) is 24.2 Å². The maximum Gasteiger partial charge on any atom is 0.298 e. The van der Waals surface area contributed by atoms with E-state index in [0.29, 0.717) is 24.7 Å². The monoisotopic (exact) mass is 451 g/mol. The molecule has 1 aliphatic rings. The van der Waals surface area contributed by atoms with Gasteiger partial charge in [0.2, 0.25) is 5.91 Å². The minimum absolute atomic E-state index is 0.0626. The smallest absolute Gasteiger partial charge is 0.298 e. The molecule has 2 aromatic carbocycles. The highest BCUT2D eigenvalue weighted by molar-refractivity contribution is 5.81. The van der Waals surface area contributed by atoms with E-state index in [1.165, 1.54) is 12.0 Å². The molecule has 0 bridgehead atoms. The van der Waals surface area contributed by atoms with Gasteiger partial charge in [-0.05, 0) is 48.9 Å². The molecule has 0 saturated carbocycles. The summed E-state index contributed by atoms with van der Waals surface area (Å²) in [5.41, 5.74) is 4.24. The van der Waals surface area contributed by atoms with Crippen molar-refractivity contribution in [3.05, 3.63) is 48.0 Å². The summed E-state index contributed by atoms with van der Waals surface area (Å²) in [5.74, 6) is 0.900. The third-order valence-corrected chi connectivity index (χ3v) is 5.47. The summed E-state index contributed by atoms with van der Waals surface area (Å²) in [6, 6.07) is 15.9. The van der Waals surface area contributed by atoms with Crippen LogP contribution >= 0.6 is 0 Å². The molecule has 2 aromatic rings. The van der Waals surface area contributed by atoms with E-state index in [2.05, 4.69) is 48.7 Å². The van der Waals surface area contributed by atoms with Crippen molar-refractivity contribution in [3.63, 3.8) is 0 Å². The van der Waals surface area contributed by atoms with Crippen LogP contribution in [0.1, 0.15) is 38.2 Å². The molecule has 1 fully saturated rings. The lowest BCUT2D eigenvalue weighted by molar-refractivity contribution is -0.134. The van der Waals surface area contributed by atoms with Gasteiger partial charge in [0.15, 0.2) is 5.75 Å². The fraction of sp³-hybridized carbons (Fsp3) is 0.423. The molecule has 1 aliphatic heterocycles. The summed E-state index contributed by atoms with van der Waals surface area (Å²) in [4.78, 5) is 22.0. The molecular weight excluding hydrogens is 418 g/mol. The highest BCUT2D eigenvalue weighted by Gasteiger charge is 2.22. The van der Waals surface area contributed by atoms with E-state index in [0.717, 1.165) is 36.1 Å². The van der Waals surface area contributed by atoms with Crippen LogP contribution in [-0.2, 0) is 14.3 Å². The lowest BCUT2D eigenvalue weighted by atomic mass is 9.96. The first-order valence-corrected chi connectivity index (χ1v) is 11.2.